The minimum Gasteiger partial charge on any atom is -0.489 e. The highest BCUT2D eigenvalue weighted by atomic mass is 35.5. The largest absolute Gasteiger partial charge is 0.489 e. The topological polar surface area (TPSA) is 34.1 Å². The summed E-state index contributed by atoms with van der Waals surface area (Å²) in [5.41, 5.74) is 0. The van der Waals surface area contributed by atoms with E-state index in [0.29, 0.717) is 5.15 Å². The lowest BCUT2D eigenvalue weighted by atomic mass is 10.3. The molecule has 0 spiro atoms. The van der Waals surface area contributed by atoms with Crippen LogP contribution in [-0.2, 0) is 0 Å². The first-order valence-electron chi connectivity index (χ1n) is 4.33. The molecule has 1 atom stereocenters. The molecule has 1 fully saturated rings. The fourth-order valence-corrected chi connectivity index (χ4v) is 1.54. The van der Waals surface area contributed by atoms with Crippen molar-refractivity contribution in [2.45, 2.75) is 12.5 Å². The van der Waals surface area contributed by atoms with Crippen molar-refractivity contribution in [2.24, 2.45) is 0 Å². The number of hydrogen-bond donors (Lipinski definition) is 1. The molecule has 1 aromatic heterocycles. The van der Waals surface area contributed by atoms with E-state index >= 15 is 0 Å². The van der Waals surface area contributed by atoms with Gasteiger partial charge in [0, 0.05) is 18.8 Å². The summed E-state index contributed by atoms with van der Waals surface area (Å²) < 4.78 is 5.67. The Morgan fingerprint density at radius 3 is 3.23 bits per heavy atom. The lowest BCUT2D eigenvalue weighted by Crippen LogP contribution is -2.19. The van der Waals surface area contributed by atoms with E-state index in [4.69, 9.17) is 16.3 Å². The lowest BCUT2D eigenvalue weighted by Gasteiger charge is -2.11. The van der Waals surface area contributed by atoms with E-state index in [0.717, 1.165) is 25.3 Å². The van der Waals surface area contributed by atoms with Crippen molar-refractivity contribution in [2.75, 3.05) is 13.1 Å². The van der Waals surface area contributed by atoms with Gasteiger partial charge >= 0.3 is 0 Å². The van der Waals surface area contributed by atoms with Gasteiger partial charge in [-0.25, -0.2) is 4.98 Å². The number of hydrogen-bond acceptors (Lipinski definition) is 3. The maximum Gasteiger partial charge on any atom is 0.132 e. The van der Waals surface area contributed by atoms with Gasteiger partial charge in [-0.2, -0.15) is 0 Å². The third-order valence-corrected chi connectivity index (χ3v) is 2.22. The van der Waals surface area contributed by atoms with Crippen LogP contribution >= 0.6 is 11.6 Å². The smallest absolute Gasteiger partial charge is 0.132 e. The van der Waals surface area contributed by atoms with E-state index in [1.54, 1.807) is 12.3 Å². The van der Waals surface area contributed by atoms with Crippen LogP contribution in [0.2, 0.25) is 5.15 Å². The van der Waals surface area contributed by atoms with Crippen LogP contribution in [0.3, 0.4) is 0 Å². The standard InChI is InChI=1S/C9H11ClN2O/c10-9-5-7(2-4-12-9)13-8-1-3-11-6-8/h2,4-5,8,11H,1,3,6H2. The molecule has 13 heavy (non-hydrogen) atoms. The van der Waals surface area contributed by atoms with Crippen LogP contribution in [0.1, 0.15) is 6.42 Å². The molecule has 1 N–H and O–H groups in total. The SMILES string of the molecule is Clc1cc(OC2CCNC2)ccn1. The Labute approximate surface area is 82.1 Å². The van der Waals surface area contributed by atoms with E-state index in [1.807, 2.05) is 6.07 Å². The first-order chi connectivity index (χ1) is 6.34. The molecule has 1 aromatic rings. The Kier molecular flexibility index (Phi) is 2.66. The van der Waals surface area contributed by atoms with Crippen LogP contribution < -0.4 is 10.1 Å². The van der Waals surface area contributed by atoms with Gasteiger partial charge in [0.25, 0.3) is 0 Å². The van der Waals surface area contributed by atoms with Crippen molar-refractivity contribution < 1.29 is 4.74 Å². The molecule has 70 valence electrons. The minimum absolute atomic E-state index is 0.276. The van der Waals surface area contributed by atoms with Crippen LogP contribution in [-0.4, -0.2) is 24.2 Å². The van der Waals surface area contributed by atoms with E-state index in [1.165, 1.54) is 0 Å². The number of nitrogens with one attached hydrogen (secondary N) is 1. The summed E-state index contributed by atoms with van der Waals surface area (Å²) in [4.78, 5) is 3.88. The quantitative estimate of drug-likeness (QED) is 0.731. The van der Waals surface area contributed by atoms with Crippen molar-refractivity contribution in [3.05, 3.63) is 23.5 Å². The average Bonchev–Trinajstić information content (AvgIpc) is 2.57. The Hall–Kier alpha value is -0.800. The summed E-state index contributed by atoms with van der Waals surface area (Å²) in [6.07, 6.45) is 2.98. The maximum atomic E-state index is 5.72. The molecule has 1 aliphatic rings. The van der Waals surface area contributed by atoms with E-state index in [2.05, 4.69) is 10.3 Å². The van der Waals surface area contributed by atoms with Gasteiger partial charge in [0.2, 0.25) is 0 Å². The zero-order valence-corrected chi connectivity index (χ0v) is 7.92. The fourth-order valence-electron chi connectivity index (χ4n) is 1.38. The van der Waals surface area contributed by atoms with E-state index in [9.17, 15) is 0 Å². The summed E-state index contributed by atoms with van der Waals surface area (Å²) >= 11 is 5.72. The molecule has 3 nitrogen and oxygen atoms in total. The number of pyridine rings is 1. The number of halogens is 1. The first kappa shape index (κ1) is 8.78. The zero-order valence-electron chi connectivity index (χ0n) is 7.16. The number of ether oxygens (including phenoxy) is 1. The summed E-state index contributed by atoms with van der Waals surface area (Å²) in [6, 6.07) is 3.56. The molecule has 0 bridgehead atoms. The molecule has 0 aliphatic carbocycles. The summed E-state index contributed by atoms with van der Waals surface area (Å²) in [6.45, 7) is 1.95. The van der Waals surface area contributed by atoms with Crippen molar-refractivity contribution in [1.29, 1.82) is 0 Å². The van der Waals surface area contributed by atoms with Gasteiger partial charge < -0.3 is 10.1 Å². The molecule has 1 unspecified atom stereocenters. The van der Waals surface area contributed by atoms with Gasteiger partial charge in [0.1, 0.15) is 17.0 Å². The highest BCUT2D eigenvalue weighted by molar-refractivity contribution is 6.29. The van der Waals surface area contributed by atoms with Gasteiger partial charge in [-0.05, 0) is 19.0 Å². The Bertz CT molecular complexity index is 287. The van der Waals surface area contributed by atoms with Crippen molar-refractivity contribution in [1.82, 2.24) is 10.3 Å². The zero-order chi connectivity index (χ0) is 9.10. The molecule has 2 heterocycles. The van der Waals surface area contributed by atoms with Crippen LogP contribution in [0.4, 0.5) is 0 Å². The van der Waals surface area contributed by atoms with Crippen LogP contribution in [0.5, 0.6) is 5.75 Å². The normalized spacial score (nSPS) is 21.8. The van der Waals surface area contributed by atoms with Crippen LogP contribution in [0, 0.1) is 0 Å². The maximum absolute atomic E-state index is 5.72. The molecule has 1 saturated heterocycles. The van der Waals surface area contributed by atoms with Crippen molar-refractivity contribution in [3.63, 3.8) is 0 Å². The van der Waals surface area contributed by atoms with Crippen molar-refractivity contribution in [3.8, 4) is 5.75 Å². The highest BCUT2D eigenvalue weighted by Gasteiger charge is 2.15. The second kappa shape index (κ2) is 3.94. The monoisotopic (exact) mass is 198 g/mol. The molecular weight excluding hydrogens is 188 g/mol. The Morgan fingerprint density at radius 1 is 1.62 bits per heavy atom. The van der Waals surface area contributed by atoms with Crippen molar-refractivity contribution >= 4 is 11.6 Å². The molecule has 1 aliphatic heterocycles. The molecule has 0 amide bonds. The number of aromatic nitrogens is 1. The first-order valence-corrected chi connectivity index (χ1v) is 4.71. The fraction of sp³-hybridized carbons (Fsp3) is 0.444. The predicted molar refractivity (Wildman–Crippen MR) is 51.1 cm³/mol. The summed E-state index contributed by atoms with van der Waals surface area (Å²) in [7, 11) is 0. The van der Waals surface area contributed by atoms with Crippen LogP contribution in [0.15, 0.2) is 18.3 Å². The lowest BCUT2D eigenvalue weighted by molar-refractivity contribution is 0.223. The molecule has 0 radical (unpaired) electrons. The third kappa shape index (κ3) is 2.32. The minimum atomic E-state index is 0.276. The Balaban J connectivity index is 2.00. The van der Waals surface area contributed by atoms with E-state index in [-0.39, 0.29) is 6.10 Å². The summed E-state index contributed by atoms with van der Waals surface area (Å²) in [5.74, 6) is 0.800. The van der Waals surface area contributed by atoms with Crippen LogP contribution in [0.25, 0.3) is 0 Å². The second-order valence-corrected chi connectivity index (χ2v) is 3.43. The molecule has 4 heteroatoms. The number of rotatable bonds is 2. The molecule has 0 aromatic carbocycles. The number of nitrogens with zero attached hydrogens (tertiary/aromatic N) is 1. The Morgan fingerprint density at radius 2 is 2.54 bits per heavy atom. The van der Waals surface area contributed by atoms with Gasteiger partial charge in [-0.1, -0.05) is 11.6 Å². The summed E-state index contributed by atoms with van der Waals surface area (Å²) in [5, 5.41) is 3.71. The predicted octanol–water partition coefficient (Wildman–Crippen LogP) is 1.48. The average molecular weight is 199 g/mol. The van der Waals surface area contributed by atoms with Gasteiger partial charge in [0.15, 0.2) is 0 Å². The second-order valence-electron chi connectivity index (χ2n) is 3.05. The van der Waals surface area contributed by atoms with E-state index < -0.39 is 0 Å². The third-order valence-electron chi connectivity index (χ3n) is 2.02. The van der Waals surface area contributed by atoms with Gasteiger partial charge in [-0.15, -0.1) is 0 Å². The molecule has 0 saturated carbocycles. The molecular formula is C9H11ClN2O. The van der Waals surface area contributed by atoms with Gasteiger partial charge in [0.05, 0.1) is 0 Å². The molecule has 2 rings (SSSR count). The highest BCUT2D eigenvalue weighted by Crippen LogP contribution is 2.17. The van der Waals surface area contributed by atoms with Gasteiger partial charge in [-0.3, -0.25) is 0 Å².